The minimum atomic E-state index is -0.185. The van der Waals surface area contributed by atoms with Gasteiger partial charge in [0.2, 0.25) is 11.8 Å². The zero-order valence-electron chi connectivity index (χ0n) is 14.7. The van der Waals surface area contributed by atoms with Crippen molar-refractivity contribution in [3.63, 3.8) is 0 Å². The quantitative estimate of drug-likeness (QED) is 0.772. The molecule has 6 heteroatoms. The van der Waals surface area contributed by atoms with Crippen molar-refractivity contribution in [3.05, 3.63) is 23.8 Å². The lowest BCUT2D eigenvalue weighted by atomic mass is 9.84. The number of amides is 2. The summed E-state index contributed by atoms with van der Waals surface area (Å²) in [5, 5.41) is 5.67. The molecule has 1 aromatic carbocycles. The fourth-order valence-corrected chi connectivity index (χ4v) is 3.72. The fraction of sp³-hybridized carbons (Fsp3) is 0.579. The maximum Gasteiger partial charge on any atom is 0.227 e. The summed E-state index contributed by atoms with van der Waals surface area (Å²) in [6, 6.07) is 5.82. The highest BCUT2D eigenvalue weighted by Crippen LogP contribution is 2.40. The third kappa shape index (κ3) is 4.44. The molecule has 0 aromatic heterocycles. The number of hydrogen-bond donors (Lipinski definition) is 2. The van der Waals surface area contributed by atoms with Crippen LogP contribution in [-0.2, 0) is 9.59 Å². The van der Waals surface area contributed by atoms with E-state index in [9.17, 15) is 9.59 Å². The predicted molar refractivity (Wildman–Crippen MR) is 93.8 cm³/mol. The maximum atomic E-state index is 12.8. The molecule has 0 radical (unpaired) electrons. The van der Waals surface area contributed by atoms with Gasteiger partial charge in [0, 0.05) is 20.0 Å². The number of carbonyl (C=O) groups excluding carboxylic acids is 2. The summed E-state index contributed by atoms with van der Waals surface area (Å²) in [6.45, 7) is 3.44. The van der Waals surface area contributed by atoms with Crippen LogP contribution in [0.2, 0.25) is 0 Å². The van der Waals surface area contributed by atoms with Gasteiger partial charge in [-0.15, -0.1) is 0 Å². The standard InChI is InChI=1S/C19H26N2O4/c1-13(22)20-8-9-21-19(23)18(14-4-2-3-5-14)15-6-7-16-17(12-15)25-11-10-24-16/h6-7,12,14,18H,2-5,8-11H2,1H3,(H,20,22)(H,21,23). The second-order valence-corrected chi connectivity index (χ2v) is 6.70. The van der Waals surface area contributed by atoms with Gasteiger partial charge < -0.3 is 20.1 Å². The molecule has 2 aliphatic rings. The molecule has 1 fully saturated rings. The summed E-state index contributed by atoms with van der Waals surface area (Å²) >= 11 is 0. The Morgan fingerprint density at radius 1 is 1.08 bits per heavy atom. The largest absolute Gasteiger partial charge is 0.486 e. The van der Waals surface area contributed by atoms with E-state index in [1.54, 1.807) is 0 Å². The van der Waals surface area contributed by atoms with Gasteiger partial charge in [0.15, 0.2) is 11.5 Å². The molecule has 2 amide bonds. The first-order chi connectivity index (χ1) is 12.1. The van der Waals surface area contributed by atoms with Gasteiger partial charge in [-0.05, 0) is 36.5 Å². The molecule has 136 valence electrons. The van der Waals surface area contributed by atoms with Crippen LogP contribution in [0.4, 0.5) is 0 Å². The number of hydrogen-bond acceptors (Lipinski definition) is 4. The Morgan fingerprint density at radius 3 is 2.48 bits per heavy atom. The Kier molecular flexibility index (Phi) is 5.79. The van der Waals surface area contributed by atoms with Crippen LogP contribution in [-0.4, -0.2) is 38.1 Å². The Morgan fingerprint density at radius 2 is 1.76 bits per heavy atom. The smallest absolute Gasteiger partial charge is 0.227 e. The topological polar surface area (TPSA) is 76.7 Å². The normalized spacial score (nSPS) is 17.8. The van der Waals surface area contributed by atoms with Crippen LogP contribution in [0.1, 0.15) is 44.1 Å². The van der Waals surface area contributed by atoms with Crippen LogP contribution >= 0.6 is 0 Å². The molecule has 3 rings (SSSR count). The van der Waals surface area contributed by atoms with E-state index in [-0.39, 0.29) is 17.7 Å². The molecule has 1 aliphatic heterocycles. The highest BCUT2D eigenvalue weighted by Gasteiger charge is 2.32. The van der Waals surface area contributed by atoms with Gasteiger partial charge in [0.05, 0.1) is 5.92 Å². The van der Waals surface area contributed by atoms with Crippen molar-refractivity contribution in [2.45, 2.75) is 38.5 Å². The van der Waals surface area contributed by atoms with Crippen molar-refractivity contribution in [1.29, 1.82) is 0 Å². The molecule has 1 aromatic rings. The van der Waals surface area contributed by atoms with Gasteiger partial charge >= 0.3 is 0 Å². The van der Waals surface area contributed by atoms with E-state index < -0.39 is 0 Å². The van der Waals surface area contributed by atoms with Gasteiger partial charge in [0.25, 0.3) is 0 Å². The molecule has 25 heavy (non-hydrogen) atoms. The lowest BCUT2D eigenvalue weighted by Gasteiger charge is -2.25. The highest BCUT2D eigenvalue weighted by molar-refractivity contribution is 5.84. The van der Waals surface area contributed by atoms with E-state index in [2.05, 4.69) is 10.6 Å². The van der Waals surface area contributed by atoms with E-state index in [1.165, 1.54) is 19.8 Å². The maximum absolute atomic E-state index is 12.8. The van der Waals surface area contributed by atoms with Gasteiger partial charge in [-0.3, -0.25) is 9.59 Å². The van der Waals surface area contributed by atoms with E-state index in [0.717, 1.165) is 29.9 Å². The minimum Gasteiger partial charge on any atom is -0.486 e. The van der Waals surface area contributed by atoms with Crippen LogP contribution in [0.5, 0.6) is 11.5 Å². The van der Waals surface area contributed by atoms with Gasteiger partial charge in [0.1, 0.15) is 13.2 Å². The second kappa shape index (κ2) is 8.23. The first-order valence-electron chi connectivity index (χ1n) is 9.07. The molecule has 0 bridgehead atoms. The Hall–Kier alpha value is -2.24. The number of nitrogens with one attached hydrogen (secondary N) is 2. The van der Waals surface area contributed by atoms with Crippen LogP contribution in [0.3, 0.4) is 0 Å². The number of ether oxygens (including phenoxy) is 2. The van der Waals surface area contributed by atoms with Crippen molar-refractivity contribution in [2.24, 2.45) is 5.92 Å². The molecule has 1 aliphatic carbocycles. The van der Waals surface area contributed by atoms with Crippen molar-refractivity contribution in [1.82, 2.24) is 10.6 Å². The zero-order chi connectivity index (χ0) is 17.6. The lowest BCUT2D eigenvalue weighted by Crippen LogP contribution is -2.38. The molecular formula is C19H26N2O4. The summed E-state index contributed by atoms with van der Waals surface area (Å²) in [5.74, 6) is 1.56. The first-order valence-corrected chi connectivity index (χ1v) is 9.07. The highest BCUT2D eigenvalue weighted by atomic mass is 16.6. The minimum absolute atomic E-state index is 0.0222. The molecule has 1 atom stereocenters. The molecule has 1 saturated carbocycles. The number of fused-ring (bicyclic) bond motifs is 1. The SMILES string of the molecule is CC(=O)NCCNC(=O)C(c1ccc2c(c1)OCCO2)C1CCCC1. The number of rotatable bonds is 6. The van der Waals surface area contributed by atoms with Gasteiger partial charge in [-0.25, -0.2) is 0 Å². The Bertz CT molecular complexity index is 626. The van der Waals surface area contributed by atoms with Crippen molar-refractivity contribution >= 4 is 11.8 Å². The summed E-state index contributed by atoms with van der Waals surface area (Å²) in [7, 11) is 0. The van der Waals surface area contributed by atoms with Gasteiger partial charge in [-0.1, -0.05) is 18.9 Å². The summed E-state index contributed by atoms with van der Waals surface area (Å²) in [5.41, 5.74) is 0.980. The van der Waals surface area contributed by atoms with Crippen LogP contribution in [0.25, 0.3) is 0 Å². The third-order valence-electron chi connectivity index (χ3n) is 4.88. The van der Waals surface area contributed by atoms with E-state index in [0.29, 0.717) is 32.2 Å². The van der Waals surface area contributed by atoms with Crippen LogP contribution in [0, 0.1) is 5.92 Å². The van der Waals surface area contributed by atoms with Gasteiger partial charge in [-0.2, -0.15) is 0 Å². The van der Waals surface area contributed by atoms with Crippen LogP contribution < -0.4 is 20.1 Å². The van der Waals surface area contributed by atoms with Crippen molar-refractivity contribution in [3.8, 4) is 11.5 Å². The number of benzene rings is 1. The van der Waals surface area contributed by atoms with E-state index in [4.69, 9.17) is 9.47 Å². The molecule has 1 unspecified atom stereocenters. The molecular weight excluding hydrogens is 320 g/mol. The van der Waals surface area contributed by atoms with Crippen molar-refractivity contribution < 1.29 is 19.1 Å². The Balaban J connectivity index is 1.73. The Labute approximate surface area is 148 Å². The summed E-state index contributed by atoms with van der Waals surface area (Å²) in [4.78, 5) is 23.8. The molecule has 0 saturated heterocycles. The van der Waals surface area contributed by atoms with Crippen molar-refractivity contribution in [2.75, 3.05) is 26.3 Å². The second-order valence-electron chi connectivity index (χ2n) is 6.70. The van der Waals surface area contributed by atoms with E-state index >= 15 is 0 Å². The lowest BCUT2D eigenvalue weighted by molar-refractivity contribution is -0.124. The third-order valence-corrected chi connectivity index (χ3v) is 4.88. The molecule has 6 nitrogen and oxygen atoms in total. The van der Waals surface area contributed by atoms with E-state index in [1.807, 2.05) is 18.2 Å². The molecule has 0 spiro atoms. The number of carbonyl (C=O) groups is 2. The molecule has 1 heterocycles. The zero-order valence-corrected chi connectivity index (χ0v) is 14.7. The average Bonchev–Trinajstić information content (AvgIpc) is 3.13. The molecule has 2 N–H and O–H groups in total. The fourth-order valence-electron chi connectivity index (χ4n) is 3.72. The average molecular weight is 346 g/mol. The first kappa shape index (κ1) is 17.6. The summed E-state index contributed by atoms with van der Waals surface area (Å²) in [6.07, 6.45) is 4.48. The monoisotopic (exact) mass is 346 g/mol. The summed E-state index contributed by atoms with van der Waals surface area (Å²) < 4.78 is 11.3. The predicted octanol–water partition coefficient (Wildman–Crippen LogP) is 1.98. The van der Waals surface area contributed by atoms with Crippen LogP contribution in [0.15, 0.2) is 18.2 Å².